The van der Waals surface area contributed by atoms with Crippen LogP contribution in [0, 0.1) is 11.3 Å². The summed E-state index contributed by atoms with van der Waals surface area (Å²) < 4.78 is 0. The minimum Gasteiger partial charge on any atom is -0.365 e. The number of benzene rings is 1. The van der Waals surface area contributed by atoms with E-state index in [9.17, 15) is 10.1 Å². The lowest BCUT2D eigenvalue weighted by Crippen LogP contribution is -2.27. The number of nitrogens with zero attached hydrogens (tertiary/aromatic N) is 3. The topological polar surface area (TPSA) is 90.7 Å². The Balaban J connectivity index is 1.46. The fourth-order valence-electron chi connectivity index (χ4n) is 4.11. The van der Waals surface area contributed by atoms with Gasteiger partial charge in [-0.3, -0.25) is 9.78 Å². The van der Waals surface area contributed by atoms with Crippen molar-refractivity contribution in [3.05, 3.63) is 83.8 Å². The number of hydrogen-bond donors (Lipinski definition) is 2. The van der Waals surface area contributed by atoms with E-state index in [4.69, 9.17) is 0 Å². The van der Waals surface area contributed by atoms with Crippen molar-refractivity contribution >= 4 is 17.4 Å². The first kappa shape index (κ1) is 20.5. The molecule has 0 spiro atoms. The molecule has 31 heavy (non-hydrogen) atoms. The molecule has 1 aliphatic rings. The van der Waals surface area contributed by atoms with E-state index >= 15 is 0 Å². The summed E-state index contributed by atoms with van der Waals surface area (Å²) in [7, 11) is 0. The van der Waals surface area contributed by atoms with Gasteiger partial charge in [0.05, 0.1) is 17.0 Å². The number of hydrogen-bond acceptors (Lipinski definition) is 5. The second-order valence-corrected chi connectivity index (χ2v) is 7.89. The number of pyridine rings is 2. The minimum atomic E-state index is -0.395. The molecule has 1 saturated carbocycles. The molecule has 2 aromatic heterocycles. The quantitative estimate of drug-likeness (QED) is 0.591. The highest BCUT2D eigenvalue weighted by Gasteiger charge is 2.33. The summed E-state index contributed by atoms with van der Waals surface area (Å²) in [4.78, 5) is 21.2. The Morgan fingerprint density at radius 3 is 2.45 bits per heavy atom. The molecule has 0 bridgehead atoms. The molecule has 2 heterocycles. The van der Waals surface area contributed by atoms with Crippen LogP contribution in [0.2, 0.25) is 0 Å². The average Bonchev–Trinajstić information content (AvgIpc) is 2.84. The molecule has 0 saturated heterocycles. The monoisotopic (exact) mass is 411 g/mol. The molecule has 0 radical (unpaired) electrons. The third-order valence-electron chi connectivity index (χ3n) is 5.88. The van der Waals surface area contributed by atoms with Crippen LogP contribution in [0.4, 0.5) is 11.5 Å². The van der Waals surface area contributed by atoms with Gasteiger partial charge in [0, 0.05) is 30.8 Å². The summed E-state index contributed by atoms with van der Waals surface area (Å²) in [6, 6.07) is 17.6. The first-order chi connectivity index (χ1) is 15.2. The molecule has 1 aromatic carbocycles. The zero-order valence-corrected chi connectivity index (χ0v) is 17.3. The van der Waals surface area contributed by atoms with E-state index < -0.39 is 5.41 Å². The van der Waals surface area contributed by atoms with Gasteiger partial charge in [0.25, 0.3) is 5.91 Å². The smallest absolute Gasteiger partial charge is 0.259 e. The molecular formula is C25H25N5O. The van der Waals surface area contributed by atoms with Crippen molar-refractivity contribution in [3.8, 4) is 6.07 Å². The standard InChI is InChI=1S/C25H25N5O/c26-18-25(12-2-1-3-13-25)20-6-8-21(9-7-20)30-24(31)22-5-4-14-28-23(22)29-17-19-10-15-27-16-11-19/h4-11,14-16H,1-3,12-13,17H2,(H,28,29)(H,30,31). The first-order valence-electron chi connectivity index (χ1n) is 10.6. The number of carbonyl (C=O) groups is 1. The number of anilines is 2. The van der Waals surface area contributed by atoms with Gasteiger partial charge in [-0.25, -0.2) is 4.98 Å². The van der Waals surface area contributed by atoms with Crippen LogP contribution in [0.25, 0.3) is 0 Å². The second-order valence-electron chi connectivity index (χ2n) is 7.89. The predicted molar refractivity (Wildman–Crippen MR) is 121 cm³/mol. The van der Waals surface area contributed by atoms with Crippen molar-refractivity contribution < 1.29 is 4.79 Å². The Kier molecular flexibility index (Phi) is 6.23. The molecule has 0 aliphatic heterocycles. The summed E-state index contributed by atoms with van der Waals surface area (Å²) in [5.41, 5.74) is 2.86. The number of aromatic nitrogens is 2. The summed E-state index contributed by atoms with van der Waals surface area (Å²) in [6.45, 7) is 0.546. The summed E-state index contributed by atoms with van der Waals surface area (Å²) in [5, 5.41) is 16.0. The predicted octanol–water partition coefficient (Wildman–Crippen LogP) is 5.07. The highest BCUT2D eigenvalue weighted by Crippen LogP contribution is 2.39. The number of nitriles is 1. The third-order valence-corrected chi connectivity index (χ3v) is 5.88. The van der Waals surface area contributed by atoms with Crippen molar-refractivity contribution in [2.45, 2.75) is 44.1 Å². The van der Waals surface area contributed by atoms with Gasteiger partial charge in [-0.05, 0) is 60.4 Å². The van der Waals surface area contributed by atoms with Crippen molar-refractivity contribution in [2.24, 2.45) is 0 Å². The first-order valence-corrected chi connectivity index (χ1v) is 10.6. The molecule has 1 aliphatic carbocycles. The van der Waals surface area contributed by atoms with E-state index in [1.54, 1.807) is 30.7 Å². The van der Waals surface area contributed by atoms with E-state index in [1.807, 2.05) is 36.4 Å². The molecule has 3 aromatic rings. The van der Waals surface area contributed by atoms with Gasteiger partial charge in [0.2, 0.25) is 0 Å². The fraction of sp³-hybridized carbons (Fsp3) is 0.280. The maximum absolute atomic E-state index is 12.9. The molecule has 1 fully saturated rings. The van der Waals surface area contributed by atoms with Crippen LogP contribution in [0.3, 0.4) is 0 Å². The van der Waals surface area contributed by atoms with Crippen molar-refractivity contribution in [3.63, 3.8) is 0 Å². The van der Waals surface area contributed by atoms with E-state index in [0.29, 0.717) is 23.6 Å². The summed E-state index contributed by atoms with van der Waals surface area (Å²) in [5.74, 6) is 0.296. The molecule has 1 amide bonds. The fourth-order valence-corrected chi connectivity index (χ4v) is 4.11. The summed E-state index contributed by atoms with van der Waals surface area (Å²) >= 11 is 0. The van der Waals surface area contributed by atoms with Gasteiger partial charge in [-0.1, -0.05) is 31.4 Å². The normalized spacial score (nSPS) is 14.9. The van der Waals surface area contributed by atoms with Crippen LogP contribution in [0.5, 0.6) is 0 Å². The van der Waals surface area contributed by atoms with E-state index in [0.717, 1.165) is 36.8 Å². The van der Waals surface area contributed by atoms with E-state index in [1.165, 1.54) is 6.42 Å². The van der Waals surface area contributed by atoms with Gasteiger partial charge in [-0.15, -0.1) is 0 Å². The minimum absolute atomic E-state index is 0.231. The second kappa shape index (κ2) is 9.40. The van der Waals surface area contributed by atoms with Crippen molar-refractivity contribution in [1.82, 2.24) is 9.97 Å². The number of carbonyl (C=O) groups excluding carboxylic acids is 1. The van der Waals surface area contributed by atoms with Crippen LogP contribution < -0.4 is 10.6 Å². The highest BCUT2D eigenvalue weighted by atomic mass is 16.1. The Morgan fingerprint density at radius 2 is 1.74 bits per heavy atom. The largest absolute Gasteiger partial charge is 0.365 e. The lowest BCUT2D eigenvalue weighted by Gasteiger charge is -2.31. The van der Waals surface area contributed by atoms with Crippen LogP contribution in [0.1, 0.15) is 53.6 Å². The molecule has 6 heteroatoms. The molecule has 156 valence electrons. The van der Waals surface area contributed by atoms with E-state index in [2.05, 4.69) is 26.7 Å². The SMILES string of the molecule is N#CC1(c2ccc(NC(=O)c3cccnc3NCc3ccncc3)cc2)CCCCC1. The molecule has 6 nitrogen and oxygen atoms in total. The van der Waals surface area contributed by atoms with Gasteiger partial charge < -0.3 is 10.6 Å². The van der Waals surface area contributed by atoms with Crippen LogP contribution in [-0.4, -0.2) is 15.9 Å². The Hall–Kier alpha value is -3.72. The Morgan fingerprint density at radius 1 is 1.00 bits per heavy atom. The van der Waals surface area contributed by atoms with Gasteiger partial charge in [0.15, 0.2) is 0 Å². The Bertz CT molecular complexity index is 1070. The Labute approximate surface area is 182 Å². The van der Waals surface area contributed by atoms with Crippen LogP contribution in [-0.2, 0) is 12.0 Å². The van der Waals surface area contributed by atoms with Crippen LogP contribution >= 0.6 is 0 Å². The van der Waals surface area contributed by atoms with Crippen molar-refractivity contribution in [1.29, 1.82) is 5.26 Å². The van der Waals surface area contributed by atoms with Gasteiger partial charge >= 0.3 is 0 Å². The number of rotatable bonds is 6. The van der Waals surface area contributed by atoms with Gasteiger partial charge in [0.1, 0.15) is 5.82 Å². The molecule has 4 rings (SSSR count). The third kappa shape index (κ3) is 4.72. The summed E-state index contributed by atoms with van der Waals surface area (Å²) in [6.07, 6.45) is 10.3. The zero-order chi connectivity index (χ0) is 21.5. The molecule has 2 N–H and O–H groups in total. The average molecular weight is 412 g/mol. The van der Waals surface area contributed by atoms with E-state index in [-0.39, 0.29) is 5.91 Å². The van der Waals surface area contributed by atoms with Crippen LogP contribution in [0.15, 0.2) is 67.1 Å². The molecular weight excluding hydrogens is 386 g/mol. The lowest BCUT2D eigenvalue weighted by atomic mass is 9.70. The highest BCUT2D eigenvalue weighted by molar-refractivity contribution is 6.07. The molecule has 0 atom stereocenters. The number of amides is 1. The molecule has 0 unspecified atom stereocenters. The lowest BCUT2D eigenvalue weighted by molar-refractivity contribution is 0.102. The maximum atomic E-state index is 12.9. The van der Waals surface area contributed by atoms with Crippen molar-refractivity contribution in [2.75, 3.05) is 10.6 Å². The van der Waals surface area contributed by atoms with Gasteiger partial charge in [-0.2, -0.15) is 5.26 Å². The maximum Gasteiger partial charge on any atom is 0.259 e. The zero-order valence-electron chi connectivity index (χ0n) is 17.3. The number of nitrogens with one attached hydrogen (secondary N) is 2.